The molecule has 0 aromatic rings. The molecule has 0 saturated carbocycles. The fourth-order valence-corrected chi connectivity index (χ4v) is 3.85. The first-order valence-corrected chi connectivity index (χ1v) is 12.5. The van der Waals surface area contributed by atoms with Crippen LogP contribution in [-0.4, -0.2) is 5.91 Å². The van der Waals surface area contributed by atoms with Gasteiger partial charge < -0.3 is 5.73 Å². The number of carbonyl (C=O) groups is 1. The van der Waals surface area contributed by atoms with Gasteiger partial charge in [0.1, 0.15) is 0 Å². The SMILES string of the molecule is CCCCCCCCCCCCCCCCCCCCCCC(C)C(N)=O. The minimum absolute atomic E-state index is 0.0561. The van der Waals surface area contributed by atoms with Crippen LogP contribution < -0.4 is 5.73 Å². The van der Waals surface area contributed by atoms with Crippen molar-refractivity contribution in [3.05, 3.63) is 0 Å². The molecule has 2 N–H and O–H groups in total. The average Bonchev–Trinajstić information content (AvgIpc) is 2.66. The molecule has 162 valence electrons. The number of hydrogen-bond donors (Lipinski definition) is 1. The van der Waals surface area contributed by atoms with Crippen molar-refractivity contribution < 1.29 is 4.79 Å². The molecule has 0 rings (SSSR count). The second-order valence-corrected chi connectivity index (χ2v) is 8.81. The molecule has 0 aliphatic rings. The minimum Gasteiger partial charge on any atom is -0.369 e. The van der Waals surface area contributed by atoms with Crippen LogP contribution in [0.25, 0.3) is 0 Å². The third kappa shape index (κ3) is 21.6. The van der Waals surface area contributed by atoms with Gasteiger partial charge in [0.2, 0.25) is 5.91 Å². The first-order valence-electron chi connectivity index (χ1n) is 12.5. The van der Waals surface area contributed by atoms with Crippen molar-refractivity contribution in [1.29, 1.82) is 0 Å². The maximum absolute atomic E-state index is 11.0. The normalized spacial score (nSPS) is 12.4. The van der Waals surface area contributed by atoms with E-state index in [1.807, 2.05) is 6.92 Å². The summed E-state index contributed by atoms with van der Waals surface area (Å²) >= 11 is 0. The average molecular weight is 382 g/mol. The van der Waals surface area contributed by atoms with E-state index in [2.05, 4.69) is 6.92 Å². The van der Waals surface area contributed by atoms with E-state index in [4.69, 9.17) is 5.73 Å². The van der Waals surface area contributed by atoms with Gasteiger partial charge in [0.15, 0.2) is 0 Å². The van der Waals surface area contributed by atoms with Crippen LogP contribution in [-0.2, 0) is 4.79 Å². The Morgan fingerprint density at radius 3 is 1.07 bits per heavy atom. The minimum atomic E-state index is -0.146. The summed E-state index contributed by atoms with van der Waals surface area (Å²) in [6, 6.07) is 0. The molecule has 1 amide bonds. The summed E-state index contributed by atoms with van der Waals surface area (Å²) in [6.07, 6.45) is 29.1. The smallest absolute Gasteiger partial charge is 0.220 e. The van der Waals surface area contributed by atoms with E-state index in [1.54, 1.807) is 0 Å². The largest absolute Gasteiger partial charge is 0.369 e. The van der Waals surface area contributed by atoms with Gasteiger partial charge in [-0.25, -0.2) is 0 Å². The summed E-state index contributed by atoms with van der Waals surface area (Å²) in [5, 5.41) is 0. The van der Waals surface area contributed by atoms with Crippen LogP contribution in [0.5, 0.6) is 0 Å². The van der Waals surface area contributed by atoms with Gasteiger partial charge in [0.05, 0.1) is 0 Å². The first kappa shape index (κ1) is 26.5. The lowest BCUT2D eigenvalue weighted by Gasteiger charge is -2.06. The predicted octanol–water partition coefficient (Wildman–Crippen LogP) is 8.32. The van der Waals surface area contributed by atoms with Crippen molar-refractivity contribution in [3.8, 4) is 0 Å². The standard InChI is InChI=1S/C25H51NO/c1-3-4-5-6-7-8-9-10-11-12-13-14-15-16-17-18-19-20-21-22-23-24(2)25(26)27/h24H,3-23H2,1-2H3,(H2,26,27). The molecule has 27 heavy (non-hydrogen) atoms. The van der Waals surface area contributed by atoms with Crippen molar-refractivity contribution in [2.24, 2.45) is 11.7 Å². The summed E-state index contributed by atoms with van der Waals surface area (Å²) in [6.45, 7) is 4.23. The van der Waals surface area contributed by atoms with Crippen LogP contribution >= 0.6 is 0 Å². The van der Waals surface area contributed by atoms with Crippen molar-refractivity contribution in [3.63, 3.8) is 0 Å². The van der Waals surface area contributed by atoms with E-state index in [1.165, 1.54) is 122 Å². The van der Waals surface area contributed by atoms with Crippen LogP contribution in [0.15, 0.2) is 0 Å². The summed E-state index contributed by atoms with van der Waals surface area (Å²) < 4.78 is 0. The molecule has 2 heteroatoms. The van der Waals surface area contributed by atoms with E-state index >= 15 is 0 Å². The van der Waals surface area contributed by atoms with Crippen LogP contribution in [0.4, 0.5) is 0 Å². The molecule has 0 aliphatic carbocycles. The maximum atomic E-state index is 11.0. The highest BCUT2D eigenvalue weighted by Crippen LogP contribution is 2.15. The van der Waals surface area contributed by atoms with Gasteiger partial charge in [0.25, 0.3) is 0 Å². The number of amides is 1. The van der Waals surface area contributed by atoms with Gasteiger partial charge >= 0.3 is 0 Å². The molecule has 0 spiro atoms. The van der Waals surface area contributed by atoms with Gasteiger partial charge in [-0.2, -0.15) is 0 Å². The zero-order valence-electron chi connectivity index (χ0n) is 18.9. The quantitative estimate of drug-likeness (QED) is 0.188. The molecule has 2 nitrogen and oxygen atoms in total. The number of unbranched alkanes of at least 4 members (excludes halogenated alkanes) is 19. The zero-order valence-corrected chi connectivity index (χ0v) is 18.9. The lowest BCUT2D eigenvalue weighted by atomic mass is 10.0. The second kappa shape index (κ2) is 21.8. The van der Waals surface area contributed by atoms with Gasteiger partial charge in [0, 0.05) is 5.92 Å². The molecule has 0 bridgehead atoms. The fourth-order valence-electron chi connectivity index (χ4n) is 3.85. The Balaban J connectivity index is 3.04. The van der Waals surface area contributed by atoms with Gasteiger partial charge in [-0.3, -0.25) is 4.79 Å². The van der Waals surface area contributed by atoms with Crippen molar-refractivity contribution in [2.75, 3.05) is 0 Å². The highest BCUT2D eigenvalue weighted by Gasteiger charge is 2.07. The molecule has 0 aromatic heterocycles. The molecule has 0 radical (unpaired) electrons. The maximum Gasteiger partial charge on any atom is 0.220 e. The second-order valence-electron chi connectivity index (χ2n) is 8.81. The highest BCUT2D eigenvalue weighted by atomic mass is 16.1. The van der Waals surface area contributed by atoms with E-state index in [0.29, 0.717) is 0 Å². The summed E-state index contributed by atoms with van der Waals surface area (Å²) in [5.74, 6) is -0.0895. The first-order chi connectivity index (χ1) is 13.2. The topological polar surface area (TPSA) is 43.1 Å². The van der Waals surface area contributed by atoms with E-state index in [-0.39, 0.29) is 11.8 Å². The van der Waals surface area contributed by atoms with Crippen molar-refractivity contribution >= 4 is 5.91 Å². The highest BCUT2D eigenvalue weighted by molar-refractivity contribution is 5.76. The van der Waals surface area contributed by atoms with Crippen LogP contribution in [0, 0.1) is 5.92 Å². The Bertz CT molecular complexity index is 303. The number of nitrogens with two attached hydrogens (primary N) is 1. The van der Waals surface area contributed by atoms with E-state index in [0.717, 1.165) is 12.8 Å². The molecule has 0 heterocycles. The summed E-state index contributed by atoms with van der Waals surface area (Å²) in [5.41, 5.74) is 5.28. The lowest BCUT2D eigenvalue weighted by molar-refractivity contribution is -0.121. The van der Waals surface area contributed by atoms with Crippen molar-refractivity contribution in [2.45, 2.75) is 149 Å². The van der Waals surface area contributed by atoms with Gasteiger partial charge in [-0.1, -0.05) is 142 Å². The predicted molar refractivity (Wildman–Crippen MR) is 121 cm³/mol. The molecule has 1 unspecified atom stereocenters. The Kier molecular flexibility index (Phi) is 21.3. The molecule has 0 saturated heterocycles. The van der Waals surface area contributed by atoms with Crippen LogP contribution in [0.2, 0.25) is 0 Å². The van der Waals surface area contributed by atoms with Gasteiger partial charge in [-0.05, 0) is 6.42 Å². The molecule has 0 fully saturated rings. The van der Waals surface area contributed by atoms with E-state index in [9.17, 15) is 4.79 Å². The van der Waals surface area contributed by atoms with E-state index < -0.39 is 0 Å². The molecule has 1 atom stereocenters. The monoisotopic (exact) mass is 381 g/mol. The number of rotatable bonds is 22. The number of carbonyl (C=O) groups excluding carboxylic acids is 1. The van der Waals surface area contributed by atoms with Crippen molar-refractivity contribution in [1.82, 2.24) is 0 Å². The molecule has 0 aromatic carbocycles. The Hall–Kier alpha value is -0.530. The third-order valence-corrected chi connectivity index (χ3v) is 5.98. The fraction of sp³-hybridized carbons (Fsp3) is 0.960. The van der Waals surface area contributed by atoms with Gasteiger partial charge in [-0.15, -0.1) is 0 Å². The number of hydrogen-bond acceptors (Lipinski definition) is 1. The molecular weight excluding hydrogens is 330 g/mol. The third-order valence-electron chi connectivity index (χ3n) is 5.98. The van der Waals surface area contributed by atoms with Crippen LogP contribution in [0.1, 0.15) is 149 Å². The Labute approximate surface area is 171 Å². The Morgan fingerprint density at radius 2 is 0.815 bits per heavy atom. The molecule has 0 aliphatic heterocycles. The Morgan fingerprint density at radius 1 is 0.556 bits per heavy atom. The lowest BCUT2D eigenvalue weighted by Crippen LogP contribution is -2.20. The summed E-state index contributed by atoms with van der Waals surface area (Å²) in [4.78, 5) is 11.0. The molecular formula is C25H51NO. The van der Waals surface area contributed by atoms with Crippen LogP contribution in [0.3, 0.4) is 0 Å². The summed E-state index contributed by atoms with van der Waals surface area (Å²) in [7, 11) is 0. The number of primary amides is 1. The zero-order chi connectivity index (χ0) is 20.0.